The van der Waals surface area contributed by atoms with E-state index in [1.807, 2.05) is 7.05 Å². The Morgan fingerprint density at radius 3 is 2.59 bits per heavy atom. The van der Waals surface area contributed by atoms with Crippen LogP contribution < -0.4 is 10.6 Å². The molecule has 4 nitrogen and oxygen atoms in total. The summed E-state index contributed by atoms with van der Waals surface area (Å²) in [5.41, 5.74) is 0.379. The maximum atomic E-state index is 5.98. The van der Waals surface area contributed by atoms with E-state index in [0.717, 1.165) is 31.4 Å². The Bertz CT molecular complexity index is 378. The molecule has 3 aliphatic rings. The van der Waals surface area contributed by atoms with Crippen molar-refractivity contribution in [3.63, 3.8) is 0 Å². The minimum atomic E-state index is 0. The molecule has 3 fully saturated rings. The molecule has 2 atom stereocenters. The zero-order valence-corrected chi connectivity index (χ0v) is 16.4. The van der Waals surface area contributed by atoms with Gasteiger partial charge in [-0.05, 0) is 38.5 Å². The zero-order valence-electron chi connectivity index (χ0n) is 14.1. The van der Waals surface area contributed by atoms with Gasteiger partial charge in [0.2, 0.25) is 0 Å². The van der Waals surface area contributed by atoms with Gasteiger partial charge in [0.1, 0.15) is 0 Å². The first-order valence-electron chi connectivity index (χ1n) is 8.87. The predicted molar refractivity (Wildman–Crippen MR) is 102 cm³/mol. The molecular weight excluding hydrogens is 389 g/mol. The standard InChI is InChI=1S/C17H31N3O.HI/c1-3-21-15-12-14(17(15)9-4-5-10-17)20-16(18-2)19-11-8-13-6-7-13;/h13-15H,3-12H2,1-2H3,(H2,18,19,20);1H. The molecule has 1 spiro atoms. The van der Waals surface area contributed by atoms with Gasteiger partial charge < -0.3 is 15.4 Å². The summed E-state index contributed by atoms with van der Waals surface area (Å²) in [7, 11) is 1.88. The summed E-state index contributed by atoms with van der Waals surface area (Å²) in [4.78, 5) is 4.41. The highest BCUT2D eigenvalue weighted by Gasteiger charge is 2.56. The van der Waals surface area contributed by atoms with Gasteiger partial charge in [0.05, 0.1) is 6.10 Å². The van der Waals surface area contributed by atoms with Gasteiger partial charge in [-0.25, -0.2) is 0 Å². The van der Waals surface area contributed by atoms with Gasteiger partial charge in [-0.1, -0.05) is 25.7 Å². The molecule has 0 aromatic heterocycles. The van der Waals surface area contributed by atoms with Crippen molar-refractivity contribution in [2.24, 2.45) is 16.3 Å². The summed E-state index contributed by atoms with van der Waals surface area (Å²) in [6, 6.07) is 0.545. The summed E-state index contributed by atoms with van der Waals surface area (Å²) in [6.07, 6.45) is 11.1. The molecule has 0 saturated heterocycles. The second kappa shape index (κ2) is 8.18. The molecule has 0 heterocycles. The van der Waals surface area contributed by atoms with Crippen LogP contribution in [0.15, 0.2) is 4.99 Å². The highest BCUT2D eigenvalue weighted by molar-refractivity contribution is 14.0. The zero-order chi connectivity index (χ0) is 14.7. The SMILES string of the molecule is CCOC1CC(NC(=NC)NCCC2CC2)C12CCCC2.I. The highest BCUT2D eigenvalue weighted by atomic mass is 127. The lowest BCUT2D eigenvalue weighted by molar-refractivity contribution is -0.125. The van der Waals surface area contributed by atoms with Crippen molar-refractivity contribution in [3.8, 4) is 0 Å². The molecule has 0 amide bonds. The van der Waals surface area contributed by atoms with Crippen LogP contribution in [0.2, 0.25) is 0 Å². The number of nitrogens with zero attached hydrogens (tertiary/aromatic N) is 1. The van der Waals surface area contributed by atoms with Crippen LogP contribution in [0, 0.1) is 11.3 Å². The van der Waals surface area contributed by atoms with E-state index in [2.05, 4.69) is 22.5 Å². The number of guanidine groups is 1. The average molecular weight is 421 g/mol. The average Bonchev–Trinajstić information content (AvgIpc) is 3.16. The molecule has 2 unspecified atom stereocenters. The van der Waals surface area contributed by atoms with E-state index in [1.54, 1.807) is 0 Å². The molecule has 3 aliphatic carbocycles. The quantitative estimate of drug-likeness (QED) is 0.393. The highest BCUT2D eigenvalue weighted by Crippen LogP contribution is 2.54. The van der Waals surface area contributed by atoms with Crippen LogP contribution in [0.5, 0.6) is 0 Å². The maximum absolute atomic E-state index is 5.98. The summed E-state index contributed by atoms with van der Waals surface area (Å²) >= 11 is 0. The van der Waals surface area contributed by atoms with Gasteiger partial charge in [0.25, 0.3) is 0 Å². The van der Waals surface area contributed by atoms with Crippen LogP contribution in [0.3, 0.4) is 0 Å². The van der Waals surface area contributed by atoms with E-state index in [4.69, 9.17) is 4.74 Å². The van der Waals surface area contributed by atoms with E-state index in [0.29, 0.717) is 17.6 Å². The van der Waals surface area contributed by atoms with Crippen molar-refractivity contribution >= 4 is 29.9 Å². The van der Waals surface area contributed by atoms with Crippen molar-refractivity contribution in [1.29, 1.82) is 0 Å². The maximum Gasteiger partial charge on any atom is 0.191 e. The van der Waals surface area contributed by atoms with Gasteiger partial charge in [-0.3, -0.25) is 4.99 Å². The van der Waals surface area contributed by atoms with Crippen LogP contribution in [-0.4, -0.2) is 38.3 Å². The summed E-state index contributed by atoms with van der Waals surface area (Å²) in [5.74, 6) is 1.96. The first-order valence-corrected chi connectivity index (χ1v) is 8.87. The Morgan fingerprint density at radius 1 is 1.27 bits per heavy atom. The molecule has 22 heavy (non-hydrogen) atoms. The minimum absolute atomic E-state index is 0. The van der Waals surface area contributed by atoms with Crippen LogP contribution >= 0.6 is 24.0 Å². The molecule has 3 saturated carbocycles. The fourth-order valence-electron chi connectivity index (χ4n) is 4.25. The third-order valence-electron chi connectivity index (χ3n) is 5.76. The Morgan fingerprint density at radius 2 is 2.00 bits per heavy atom. The van der Waals surface area contributed by atoms with Crippen molar-refractivity contribution in [2.45, 2.75) is 70.4 Å². The van der Waals surface area contributed by atoms with Crippen LogP contribution in [0.1, 0.15) is 58.3 Å². The number of aliphatic imine (C=N–C) groups is 1. The number of halogens is 1. The third kappa shape index (κ3) is 3.89. The number of rotatable bonds is 6. The molecule has 0 aromatic rings. The number of nitrogens with one attached hydrogen (secondary N) is 2. The summed E-state index contributed by atoms with van der Waals surface area (Å²) in [6.45, 7) is 4.01. The van der Waals surface area contributed by atoms with Crippen molar-refractivity contribution < 1.29 is 4.74 Å². The summed E-state index contributed by atoms with van der Waals surface area (Å²) < 4.78 is 5.98. The second-order valence-electron chi connectivity index (χ2n) is 7.05. The molecule has 0 aliphatic heterocycles. The van der Waals surface area contributed by atoms with Crippen molar-refractivity contribution in [1.82, 2.24) is 10.6 Å². The smallest absolute Gasteiger partial charge is 0.191 e. The van der Waals surface area contributed by atoms with E-state index >= 15 is 0 Å². The minimum Gasteiger partial charge on any atom is -0.378 e. The fourth-order valence-corrected chi connectivity index (χ4v) is 4.25. The lowest BCUT2D eigenvalue weighted by Gasteiger charge is -2.54. The van der Waals surface area contributed by atoms with E-state index < -0.39 is 0 Å². The van der Waals surface area contributed by atoms with Crippen LogP contribution in [-0.2, 0) is 4.74 Å². The molecule has 0 aromatic carbocycles. The molecule has 0 bridgehead atoms. The molecule has 2 N–H and O–H groups in total. The topological polar surface area (TPSA) is 45.6 Å². The molecular formula is C17H32IN3O. The monoisotopic (exact) mass is 421 g/mol. The van der Waals surface area contributed by atoms with E-state index in [-0.39, 0.29) is 24.0 Å². The van der Waals surface area contributed by atoms with Crippen LogP contribution in [0.4, 0.5) is 0 Å². The van der Waals surface area contributed by atoms with Crippen molar-refractivity contribution in [2.75, 3.05) is 20.2 Å². The van der Waals surface area contributed by atoms with Gasteiger partial charge in [0, 0.05) is 31.7 Å². The Hall–Kier alpha value is -0.0400. The van der Waals surface area contributed by atoms with Gasteiger partial charge in [-0.2, -0.15) is 0 Å². The predicted octanol–water partition coefficient (Wildman–Crippen LogP) is 3.31. The second-order valence-corrected chi connectivity index (χ2v) is 7.05. The van der Waals surface area contributed by atoms with Gasteiger partial charge in [0.15, 0.2) is 5.96 Å². The van der Waals surface area contributed by atoms with Gasteiger partial charge in [-0.15, -0.1) is 24.0 Å². The lowest BCUT2D eigenvalue weighted by Crippen LogP contribution is -2.65. The van der Waals surface area contributed by atoms with E-state index in [9.17, 15) is 0 Å². The molecule has 128 valence electrons. The number of hydrogen-bond acceptors (Lipinski definition) is 2. The van der Waals surface area contributed by atoms with Crippen LogP contribution in [0.25, 0.3) is 0 Å². The Kier molecular flexibility index (Phi) is 6.80. The number of hydrogen-bond donors (Lipinski definition) is 2. The first-order chi connectivity index (χ1) is 10.3. The summed E-state index contributed by atoms with van der Waals surface area (Å²) in [5, 5.41) is 7.17. The number of ether oxygens (including phenoxy) is 1. The Labute approximate surface area is 152 Å². The Balaban J connectivity index is 0.00000176. The fraction of sp³-hybridized carbons (Fsp3) is 0.941. The largest absolute Gasteiger partial charge is 0.378 e. The first kappa shape index (κ1) is 18.3. The lowest BCUT2D eigenvalue weighted by atomic mass is 9.60. The van der Waals surface area contributed by atoms with E-state index in [1.165, 1.54) is 44.9 Å². The molecule has 0 radical (unpaired) electrons. The molecule has 5 heteroatoms. The van der Waals surface area contributed by atoms with Crippen molar-refractivity contribution in [3.05, 3.63) is 0 Å². The van der Waals surface area contributed by atoms with Gasteiger partial charge >= 0.3 is 0 Å². The normalized spacial score (nSPS) is 29.8. The molecule has 3 rings (SSSR count). The third-order valence-corrected chi connectivity index (χ3v) is 5.76.